The molecule has 32 heavy (non-hydrogen) atoms. The second kappa shape index (κ2) is 10.8. The molecule has 0 saturated heterocycles. The number of carbonyl (C=O) groups excluding carboxylic acids is 1. The summed E-state index contributed by atoms with van der Waals surface area (Å²) in [5.41, 5.74) is 9.85. The van der Waals surface area contributed by atoms with Gasteiger partial charge in [-0.25, -0.2) is 4.98 Å². The maximum absolute atomic E-state index is 12.7. The maximum atomic E-state index is 12.7. The molecule has 1 atom stereocenters. The Kier molecular flexibility index (Phi) is 7.84. The van der Waals surface area contributed by atoms with Gasteiger partial charge >= 0.3 is 0 Å². The number of rotatable bonds is 9. The fourth-order valence-corrected chi connectivity index (χ4v) is 3.54. The van der Waals surface area contributed by atoms with E-state index in [9.17, 15) is 4.79 Å². The minimum absolute atomic E-state index is 0.178. The van der Waals surface area contributed by atoms with Gasteiger partial charge in [-0.2, -0.15) is 0 Å². The van der Waals surface area contributed by atoms with Crippen LogP contribution in [0.15, 0.2) is 54.6 Å². The molecule has 6 nitrogen and oxygen atoms in total. The number of nitrogens with two attached hydrogens (primary N) is 1. The Morgan fingerprint density at radius 1 is 1.09 bits per heavy atom. The van der Waals surface area contributed by atoms with Gasteiger partial charge in [0.2, 0.25) is 0 Å². The van der Waals surface area contributed by atoms with E-state index in [0.717, 1.165) is 17.0 Å². The number of aromatic nitrogens is 1. The van der Waals surface area contributed by atoms with E-state index < -0.39 is 0 Å². The van der Waals surface area contributed by atoms with E-state index in [-0.39, 0.29) is 11.7 Å². The summed E-state index contributed by atoms with van der Waals surface area (Å²) in [4.78, 5) is 17.0. The number of amides is 1. The van der Waals surface area contributed by atoms with Gasteiger partial charge in [0, 0.05) is 12.8 Å². The Bertz CT molecular complexity index is 1050. The van der Waals surface area contributed by atoms with Crippen molar-refractivity contribution in [2.75, 3.05) is 18.2 Å². The molecule has 6 heteroatoms. The van der Waals surface area contributed by atoms with Crippen LogP contribution in [0, 0.1) is 6.92 Å². The van der Waals surface area contributed by atoms with Crippen LogP contribution in [0.25, 0.3) is 0 Å². The van der Waals surface area contributed by atoms with Gasteiger partial charge in [0.25, 0.3) is 5.91 Å². The summed E-state index contributed by atoms with van der Waals surface area (Å²) in [6.45, 7) is 6.66. The third-order valence-electron chi connectivity index (χ3n) is 5.39. The van der Waals surface area contributed by atoms with Gasteiger partial charge in [-0.3, -0.25) is 4.79 Å². The van der Waals surface area contributed by atoms with Crippen molar-refractivity contribution in [1.82, 2.24) is 4.98 Å². The first-order valence-electron chi connectivity index (χ1n) is 10.9. The minimum Gasteiger partial charge on any atom is -0.457 e. The van der Waals surface area contributed by atoms with Gasteiger partial charge < -0.3 is 20.5 Å². The lowest BCUT2D eigenvalue weighted by Crippen LogP contribution is -2.16. The van der Waals surface area contributed by atoms with Crippen LogP contribution in [0.5, 0.6) is 11.5 Å². The fourth-order valence-electron chi connectivity index (χ4n) is 3.54. The van der Waals surface area contributed by atoms with Crippen LogP contribution in [0.4, 0.5) is 11.5 Å². The van der Waals surface area contributed by atoms with Crippen LogP contribution < -0.4 is 15.8 Å². The Morgan fingerprint density at radius 3 is 2.31 bits per heavy atom. The molecule has 1 heterocycles. The number of pyridine rings is 1. The first kappa shape index (κ1) is 23.3. The second-order valence-corrected chi connectivity index (χ2v) is 7.96. The summed E-state index contributed by atoms with van der Waals surface area (Å²) in [5.74, 6) is 1.88. The van der Waals surface area contributed by atoms with Crippen LogP contribution in [-0.2, 0) is 11.3 Å². The summed E-state index contributed by atoms with van der Waals surface area (Å²) >= 11 is 0. The van der Waals surface area contributed by atoms with Crippen molar-refractivity contribution in [3.8, 4) is 11.5 Å². The van der Waals surface area contributed by atoms with Crippen molar-refractivity contribution in [2.24, 2.45) is 0 Å². The number of nitrogen functional groups attached to an aromatic ring is 1. The van der Waals surface area contributed by atoms with E-state index in [1.807, 2.05) is 31.2 Å². The highest BCUT2D eigenvalue weighted by Crippen LogP contribution is 2.27. The van der Waals surface area contributed by atoms with E-state index in [1.165, 1.54) is 18.4 Å². The maximum Gasteiger partial charge on any atom is 0.259 e. The lowest BCUT2D eigenvalue weighted by atomic mass is 9.97. The third kappa shape index (κ3) is 5.86. The number of carbonyl (C=O) groups is 1. The monoisotopic (exact) mass is 433 g/mol. The predicted molar refractivity (Wildman–Crippen MR) is 128 cm³/mol. The van der Waals surface area contributed by atoms with Crippen LogP contribution in [0.1, 0.15) is 59.8 Å². The third-order valence-corrected chi connectivity index (χ3v) is 5.39. The molecule has 168 valence electrons. The number of ether oxygens (including phenoxy) is 2. The van der Waals surface area contributed by atoms with E-state index >= 15 is 0 Å². The van der Waals surface area contributed by atoms with E-state index in [1.54, 1.807) is 25.3 Å². The molecule has 0 bridgehead atoms. The molecule has 1 amide bonds. The van der Waals surface area contributed by atoms with Crippen LogP contribution in [0.3, 0.4) is 0 Å². The molecule has 3 N–H and O–H groups in total. The standard InChI is InChI=1S/C26H31N3O3/c1-5-6-17(2)19-7-11-21(12-8-19)32-22-13-9-20(10-14-22)28-26(30)23-15-18(3)24(16-31-4)29-25(23)27/h7-15,17H,5-6,16H2,1-4H3,(H2,27,29)(H,28,30). The highest BCUT2D eigenvalue weighted by molar-refractivity contribution is 6.07. The zero-order valence-corrected chi connectivity index (χ0v) is 19.1. The Labute approximate surface area is 189 Å². The molecular weight excluding hydrogens is 402 g/mol. The highest BCUT2D eigenvalue weighted by Gasteiger charge is 2.14. The van der Waals surface area contributed by atoms with Crippen molar-refractivity contribution in [3.05, 3.63) is 77.0 Å². The van der Waals surface area contributed by atoms with E-state index in [2.05, 4.69) is 36.3 Å². The molecule has 0 fully saturated rings. The number of nitrogens with zero attached hydrogens (tertiary/aromatic N) is 1. The Hall–Kier alpha value is -3.38. The van der Waals surface area contributed by atoms with Gasteiger partial charge in [-0.05, 0) is 72.9 Å². The van der Waals surface area contributed by atoms with Crippen molar-refractivity contribution in [2.45, 2.75) is 46.1 Å². The topological polar surface area (TPSA) is 86.5 Å². The lowest BCUT2D eigenvalue weighted by molar-refractivity contribution is 0.102. The lowest BCUT2D eigenvalue weighted by Gasteiger charge is -2.13. The molecule has 0 spiro atoms. The minimum atomic E-state index is -0.312. The average Bonchev–Trinajstić information content (AvgIpc) is 2.78. The fraction of sp³-hybridized carbons (Fsp3) is 0.308. The van der Waals surface area contributed by atoms with Gasteiger partial charge in [0.1, 0.15) is 17.3 Å². The molecule has 0 aliphatic carbocycles. The Balaban J connectivity index is 1.63. The number of methoxy groups -OCH3 is 1. The highest BCUT2D eigenvalue weighted by atomic mass is 16.5. The number of aryl methyl sites for hydroxylation is 1. The SMILES string of the molecule is CCCC(C)c1ccc(Oc2ccc(NC(=O)c3cc(C)c(COC)nc3N)cc2)cc1. The number of benzene rings is 2. The molecule has 2 aromatic carbocycles. The van der Waals surface area contributed by atoms with Crippen molar-refractivity contribution >= 4 is 17.4 Å². The molecular formula is C26H31N3O3. The second-order valence-electron chi connectivity index (χ2n) is 7.96. The van der Waals surface area contributed by atoms with Gasteiger partial charge in [-0.1, -0.05) is 32.4 Å². The van der Waals surface area contributed by atoms with Crippen LogP contribution in [0.2, 0.25) is 0 Å². The summed E-state index contributed by atoms with van der Waals surface area (Å²) in [7, 11) is 1.59. The quantitative estimate of drug-likeness (QED) is 0.428. The molecule has 1 aromatic heterocycles. The summed E-state index contributed by atoms with van der Waals surface area (Å²) < 4.78 is 11.0. The number of anilines is 2. The number of hydrogen-bond donors (Lipinski definition) is 2. The first-order valence-corrected chi connectivity index (χ1v) is 10.9. The Morgan fingerprint density at radius 2 is 1.72 bits per heavy atom. The predicted octanol–water partition coefficient (Wildman–Crippen LogP) is 6.07. The molecule has 3 aromatic rings. The summed E-state index contributed by atoms with van der Waals surface area (Å²) in [6, 6.07) is 17.2. The summed E-state index contributed by atoms with van der Waals surface area (Å²) in [6.07, 6.45) is 2.34. The van der Waals surface area contributed by atoms with E-state index in [4.69, 9.17) is 15.2 Å². The van der Waals surface area contributed by atoms with E-state index in [0.29, 0.717) is 29.5 Å². The summed E-state index contributed by atoms with van der Waals surface area (Å²) in [5, 5.41) is 2.85. The smallest absolute Gasteiger partial charge is 0.259 e. The molecule has 0 aliphatic heterocycles. The normalized spacial score (nSPS) is 11.8. The van der Waals surface area contributed by atoms with Gasteiger partial charge in [-0.15, -0.1) is 0 Å². The van der Waals surface area contributed by atoms with Gasteiger partial charge in [0.15, 0.2) is 0 Å². The van der Waals surface area contributed by atoms with Crippen molar-refractivity contribution in [1.29, 1.82) is 0 Å². The number of nitrogens with one attached hydrogen (secondary N) is 1. The zero-order valence-electron chi connectivity index (χ0n) is 19.1. The molecule has 0 radical (unpaired) electrons. The molecule has 3 rings (SSSR count). The molecule has 1 unspecified atom stereocenters. The average molecular weight is 434 g/mol. The van der Waals surface area contributed by atoms with Crippen LogP contribution >= 0.6 is 0 Å². The van der Waals surface area contributed by atoms with Crippen LogP contribution in [-0.4, -0.2) is 18.0 Å². The first-order chi connectivity index (χ1) is 15.4. The van der Waals surface area contributed by atoms with Crippen molar-refractivity contribution in [3.63, 3.8) is 0 Å². The largest absolute Gasteiger partial charge is 0.457 e. The van der Waals surface area contributed by atoms with Gasteiger partial charge in [0.05, 0.1) is 17.9 Å². The molecule has 0 saturated carbocycles. The van der Waals surface area contributed by atoms with Crippen molar-refractivity contribution < 1.29 is 14.3 Å². The zero-order chi connectivity index (χ0) is 23.1. The number of hydrogen-bond acceptors (Lipinski definition) is 5. The molecule has 0 aliphatic rings.